The van der Waals surface area contributed by atoms with Crippen LogP contribution in [0.15, 0.2) is 24.5 Å². The lowest BCUT2D eigenvalue weighted by atomic mass is 9.73. The van der Waals surface area contributed by atoms with Crippen LogP contribution in [0, 0.1) is 0 Å². The number of carbonyl (C=O) groups excluding carboxylic acids is 1. The van der Waals surface area contributed by atoms with Crippen molar-refractivity contribution in [2.75, 3.05) is 6.61 Å². The van der Waals surface area contributed by atoms with E-state index in [1.54, 1.807) is 36.0 Å². The lowest BCUT2D eigenvalue weighted by Crippen LogP contribution is -2.18. The fourth-order valence-electron chi connectivity index (χ4n) is 4.35. The third-order valence-electron chi connectivity index (χ3n) is 5.40. The fraction of sp³-hybridized carbons (Fsp3) is 0.476. The molecular formula is C21H24N2O2. The first-order valence-corrected chi connectivity index (χ1v) is 9.37. The quantitative estimate of drug-likeness (QED) is 0.792. The molecule has 2 aromatic rings. The highest BCUT2D eigenvalue weighted by Gasteiger charge is 2.26. The number of ether oxygens (including phenoxy) is 1. The van der Waals surface area contributed by atoms with Gasteiger partial charge in [0.15, 0.2) is 0 Å². The van der Waals surface area contributed by atoms with E-state index < -0.39 is 0 Å². The van der Waals surface area contributed by atoms with Gasteiger partial charge in [-0.15, -0.1) is 0 Å². The van der Waals surface area contributed by atoms with Gasteiger partial charge in [-0.1, -0.05) is 12.1 Å². The van der Waals surface area contributed by atoms with Crippen LogP contribution in [0.4, 0.5) is 0 Å². The van der Waals surface area contributed by atoms with Crippen molar-refractivity contribution in [3.8, 4) is 0 Å². The summed E-state index contributed by atoms with van der Waals surface area (Å²) in [6.07, 6.45) is 11.6. The van der Waals surface area contributed by atoms with Crippen molar-refractivity contribution in [3.63, 3.8) is 0 Å². The summed E-state index contributed by atoms with van der Waals surface area (Å²) in [7, 11) is 0. The highest BCUT2D eigenvalue weighted by atomic mass is 16.5. The molecule has 2 aliphatic carbocycles. The highest BCUT2D eigenvalue weighted by molar-refractivity contribution is 5.88. The summed E-state index contributed by atoms with van der Waals surface area (Å²) in [5, 5.41) is 0. The monoisotopic (exact) mass is 336 g/mol. The summed E-state index contributed by atoms with van der Waals surface area (Å²) in [6, 6.07) is 4.72. The second-order valence-electron chi connectivity index (χ2n) is 7.09. The second kappa shape index (κ2) is 6.95. The summed E-state index contributed by atoms with van der Waals surface area (Å²) in [6.45, 7) is 2.15. The van der Waals surface area contributed by atoms with Gasteiger partial charge in [0.2, 0.25) is 0 Å². The van der Waals surface area contributed by atoms with Gasteiger partial charge in [-0.05, 0) is 73.6 Å². The maximum atomic E-state index is 11.7. The van der Waals surface area contributed by atoms with Crippen LogP contribution < -0.4 is 0 Å². The van der Waals surface area contributed by atoms with E-state index in [1.165, 1.54) is 44.1 Å². The van der Waals surface area contributed by atoms with Gasteiger partial charge in [0.1, 0.15) is 5.82 Å². The van der Waals surface area contributed by atoms with Crippen LogP contribution in [-0.2, 0) is 24.0 Å². The zero-order valence-electron chi connectivity index (χ0n) is 14.8. The molecule has 4 rings (SSSR count). The second-order valence-corrected chi connectivity index (χ2v) is 7.09. The molecule has 2 aliphatic rings. The Bertz CT molecular complexity index is 752. The zero-order chi connectivity index (χ0) is 17.2. The van der Waals surface area contributed by atoms with Crippen LogP contribution >= 0.6 is 0 Å². The Balaban J connectivity index is 1.56. The van der Waals surface area contributed by atoms with Gasteiger partial charge >= 0.3 is 5.97 Å². The SMILES string of the molecule is CCOC(=O)c1cnc(Cc2cc3c4c(c2)CCCC4CCC3)nc1. The highest BCUT2D eigenvalue weighted by Crippen LogP contribution is 2.41. The number of hydrogen-bond acceptors (Lipinski definition) is 4. The minimum atomic E-state index is -0.363. The molecule has 0 atom stereocenters. The predicted octanol–water partition coefficient (Wildman–Crippen LogP) is 4.00. The maximum absolute atomic E-state index is 11.7. The largest absolute Gasteiger partial charge is 0.462 e. The lowest BCUT2D eigenvalue weighted by Gasteiger charge is -2.32. The number of hydrogen-bond donors (Lipinski definition) is 0. The van der Waals surface area contributed by atoms with E-state index >= 15 is 0 Å². The third kappa shape index (κ3) is 3.30. The van der Waals surface area contributed by atoms with Crippen molar-refractivity contribution in [1.29, 1.82) is 0 Å². The predicted molar refractivity (Wildman–Crippen MR) is 95.9 cm³/mol. The molecule has 1 aromatic carbocycles. The van der Waals surface area contributed by atoms with E-state index in [2.05, 4.69) is 22.1 Å². The minimum absolute atomic E-state index is 0.361. The fourth-order valence-corrected chi connectivity index (χ4v) is 4.35. The van der Waals surface area contributed by atoms with Crippen molar-refractivity contribution < 1.29 is 9.53 Å². The molecule has 25 heavy (non-hydrogen) atoms. The van der Waals surface area contributed by atoms with Crippen LogP contribution in [0.1, 0.15) is 77.0 Å². The molecule has 0 saturated heterocycles. The summed E-state index contributed by atoms with van der Waals surface area (Å²) in [5.74, 6) is 1.18. The topological polar surface area (TPSA) is 52.1 Å². The number of nitrogens with zero attached hydrogens (tertiary/aromatic N) is 2. The Morgan fingerprint density at radius 2 is 1.76 bits per heavy atom. The molecule has 0 N–H and O–H groups in total. The van der Waals surface area contributed by atoms with E-state index in [4.69, 9.17) is 4.74 Å². The lowest BCUT2D eigenvalue weighted by molar-refractivity contribution is 0.0525. The number of aromatic nitrogens is 2. The summed E-state index contributed by atoms with van der Waals surface area (Å²) in [5.41, 5.74) is 6.45. The third-order valence-corrected chi connectivity index (χ3v) is 5.40. The molecule has 4 heteroatoms. The van der Waals surface area contributed by atoms with Gasteiger partial charge < -0.3 is 4.74 Å². The summed E-state index contributed by atoms with van der Waals surface area (Å²) >= 11 is 0. The molecule has 4 nitrogen and oxygen atoms in total. The smallest absolute Gasteiger partial charge is 0.341 e. The Morgan fingerprint density at radius 3 is 2.36 bits per heavy atom. The Kier molecular flexibility index (Phi) is 4.51. The van der Waals surface area contributed by atoms with Gasteiger partial charge in [-0.3, -0.25) is 0 Å². The summed E-state index contributed by atoms with van der Waals surface area (Å²) in [4.78, 5) is 20.4. The molecule has 1 heterocycles. The van der Waals surface area contributed by atoms with Crippen LogP contribution in [-0.4, -0.2) is 22.5 Å². The number of esters is 1. The molecule has 0 bridgehead atoms. The number of rotatable bonds is 4. The molecular weight excluding hydrogens is 312 g/mol. The average molecular weight is 336 g/mol. The van der Waals surface area contributed by atoms with E-state index in [1.807, 2.05) is 0 Å². The van der Waals surface area contributed by atoms with Crippen molar-refractivity contribution in [3.05, 3.63) is 58.2 Å². The number of benzene rings is 1. The molecule has 130 valence electrons. The molecule has 0 unspecified atom stereocenters. The van der Waals surface area contributed by atoms with Crippen LogP contribution in [0.2, 0.25) is 0 Å². The Hall–Kier alpha value is -2.23. The van der Waals surface area contributed by atoms with Crippen molar-refractivity contribution >= 4 is 5.97 Å². The van der Waals surface area contributed by atoms with Crippen LogP contribution in [0.3, 0.4) is 0 Å². The summed E-state index contributed by atoms with van der Waals surface area (Å²) < 4.78 is 4.98. The van der Waals surface area contributed by atoms with Gasteiger partial charge in [0, 0.05) is 18.8 Å². The van der Waals surface area contributed by atoms with Gasteiger partial charge in [0.25, 0.3) is 0 Å². The molecule has 0 spiro atoms. The van der Waals surface area contributed by atoms with Crippen LogP contribution in [0.25, 0.3) is 0 Å². The first-order valence-electron chi connectivity index (χ1n) is 9.37. The molecule has 0 radical (unpaired) electrons. The number of aryl methyl sites for hydroxylation is 2. The zero-order valence-corrected chi connectivity index (χ0v) is 14.8. The van der Waals surface area contributed by atoms with E-state index in [0.717, 1.165) is 11.7 Å². The van der Waals surface area contributed by atoms with E-state index in [-0.39, 0.29) is 5.97 Å². The Labute approximate surface area is 148 Å². The van der Waals surface area contributed by atoms with Gasteiger partial charge in [-0.25, -0.2) is 14.8 Å². The normalized spacial score (nSPS) is 16.4. The maximum Gasteiger partial charge on any atom is 0.341 e. The van der Waals surface area contributed by atoms with E-state index in [0.29, 0.717) is 18.6 Å². The van der Waals surface area contributed by atoms with Crippen molar-refractivity contribution in [2.45, 2.75) is 57.8 Å². The minimum Gasteiger partial charge on any atom is -0.462 e. The first kappa shape index (κ1) is 16.2. The molecule has 0 saturated carbocycles. The van der Waals surface area contributed by atoms with Gasteiger partial charge in [-0.2, -0.15) is 0 Å². The van der Waals surface area contributed by atoms with Crippen molar-refractivity contribution in [2.24, 2.45) is 0 Å². The molecule has 0 fully saturated rings. The standard InChI is InChI=1S/C21H24N2O2/c1-2-25-21(24)18-12-22-19(23-13-18)11-14-9-16-7-3-5-15-6-4-8-17(10-14)20(15)16/h9-10,12-13,15H,2-8,11H2,1H3. The van der Waals surface area contributed by atoms with E-state index in [9.17, 15) is 4.79 Å². The van der Waals surface area contributed by atoms with Crippen LogP contribution in [0.5, 0.6) is 0 Å². The Morgan fingerprint density at radius 1 is 1.12 bits per heavy atom. The first-order chi connectivity index (χ1) is 12.2. The molecule has 0 aliphatic heterocycles. The van der Waals surface area contributed by atoms with Gasteiger partial charge in [0.05, 0.1) is 12.2 Å². The molecule has 1 aromatic heterocycles. The number of carbonyl (C=O) groups is 1. The molecule has 0 amide bonds. The average Bonchev–Trinajstić information content (AvgIpc) is 2.63. The van der Waals surface area contributed by atoms with Crippen molar-refractivity contribution in [1.82, 2.24) is 9.97 Å².